The Labute approximate surface area is 150 Å². The van der Waals surface area contributed by atoms with E-state index in [1.807, 2.05) is 36.4 Å². The van der Waals surface area contributed by atoms with Crippen LogP contribution in [0.15, 0.2) is 67.0 Å². The van der Waals surface area contributed by atoms with Gasteiger partial charge in [-0.3, -0.25) is 4.98 Å². The summed E-state index contributed by atoms with van der Waals surface area (Å²) in [5, 5.41) is 12.0. The van der Waals surface area contributed by atoms with Gasteiger partial charge in [-0.05, 0) is 35.4 Å². The van der Waals surface area contributed by atoms with Crippen LogP contribution < -0.4 is 0 Å². The first-order chi connectivity index (χ1) is 12.6. The molecule has 0 fully saturated rings. The van der Waals surface area contributed by atoms with E-state index >= 15 is 0 Å². The summed E-state index contributed by atoms with van der Waals surface area (Å²) < 4.78 is 1.77. The van der Waals surface area contributed by atoms with Gasteiger partial charge in [0.15, 0.2) is 5.69 Å². The van der Waals surface area contributed by atoms with Crippen molar-refractivity contribution < 1.29 is 9.90 Å². The monoisotopic (exact) mass is 343 g/mol. The van der Waals surface area contributed by atoms with E-state index < -0.39 is 5.97 Å². The van der Waals surface area contributed by atoms with Gasteiger partial charge in [0, 0.05) is 18.0 Å². The number of carboxylic acid groups (broad SMARTS) is 1. The normalized spacial score (nSPS) is 11.0. The van der Waals surface area contributed by atoms with Crippen LogP contribution in [0.4, 0.5) is 0 Å². The van der Waals surface area contributed by atoms with Crippen molar-refractivity contribution in [3.63, 3.8) is 0 Å². The number of carbonyl (C=O) groups is 1. The Bertz CT molecular complexity index is 1100. The summed E-state index contributed by atoms with van der Waals surface area (Å²) in [7, 11) is 0. The Morgan fingerprint density at radius 3 is 2.54 bits per heavy atom. The molecule has 26 heavy (non-hydrogen) atoms. The van der Waals surface area contributed by atoms with Gasteiger partial charge in [0.1, 0.15) is 5.82 Å². The fourth-order valence-corrected chi connectivity index (χ4v) is 3.32. The second-order valence-corrected chi connectivity index (χ2v) is 6.13. The van der Waals surface area contributed by atoms with Crippen molar-refractivity contribution in [1.29, 1.82) is 0 Å². The molecule has 128 valence electrons. The first kappa shape index (κ1) is 16.0. The molecule has 5 heteroatoms. The predicted molar refractivity (Wildman–Crippen MR) is 100 cm³/mol. The highest BCUT2D eigenvalue weighted by Gasteiger charge is 2.21. The lowest BCUT2D eigenvalue weighted by Crippen LogP contribution is -2.12. The molecule has 5 nitrogen and oxygen atoms in total. The van der Waals surface area contributed by atoms with Gasteiger partial charge in [-0.15, -0.1) is 0 Å². The van der Waals surface area contributed by atoms with E-state index in [4.69, 9.17) is 0 Å². The molecule has 0 bridgehead atoms. The fourth-order valence-electron chi connectivity index (χ4n) is 3.32. The molecule has 0 aliphatic rings. The number of rotatable bonds is 4. The number of fused-ring (bicyclic) bond motifs is 1. The maximum Gasteiger partial charge on any atom is 0.354 e. The quantitative estimate of drug-likeness (QED) is 0.604. The van der Waals surface area contributed by atoms with Crippen LogP contribution in [0.1, 0.15) is 21.7 Å². The summed E-state index contributed by atoms with van der Waals surface area (Å²) in [5.74, 6) is -0.342. The number of aryl methyl sites for hydroxylation is 1. The zero-order valence-corrected chi connectivity index (χ0v) is 14.3. The largest absolute Gasteiger partial charge is 0.477 e. The van der Waals surface area contributed by atoms with Crippen molar-refractivity contribution in [2.75, 3.05) is 0 Å². The molecular formula is C21H17N3O2. The minimum Gasteiger partial charge on any atom is -0.477 e. The standard InChI is InChI=1S/C21H17N3O2/c1-14-19(21(25)26)24(20(23-14)16-9-11-22-12-10-16)13-17-7-4-6-15-5-2-3-8-18(15)17/h2-12H,13H2,1H3,(H,25,26). The second kappa shape index (κ2) is 6.44. The highest BCUT2D eigenvalue weighted by Crippen LogP contribution is 2.26. The molecule has 0 amide bonds. The van der Waals surface area contributed by atoms with E-state index in [2.05, 4.69) is 28.2 Å². The smallest absolute Gasteiger partial charge is 0.354 e. The van der Waals surface area contributed by atoms with Crippen LogP contribution in [0.3, 0.4) is 0 Å². The first-order valence-corrected chi connectivity index (χ1v) is 8.32. The van der Waals surface area contributed by atoms with Crippen LogP contribution in [0.5, 0.6) is 0 Å². The van der Waals surface area contributed by atoms with Gasteiger partial charge < -0.3 is 9.67 Å². The van der Waals surface area contributed by atoms with Crippen molar-refractivity contribution in [3.05, 3.63) is 83.9 Å². The third kappa shape index (κ3) is 2.73. The van der Waals surface area contributed by atoms with Gasteiger partial charge in [0.25, 0.3) is 0 Å². The molecule has 4 aromatic rings. The van der Waals surface area contributed by atoms with Gasteiger partial charge in [0.2, 0.25) is 0 Å². The zero-order chi connectivity index (χ0) is 18.1. The summed E-state index contributed by atoms with van der Waals surface area (Å²) in [5.41, 5.74) is 2.61. The van der Waals surface area contributed by atoms with Crippen LogP contribution in [0, 0.1) is 6.92 Å². The van der Waals surface area contributed by atoms with Crippen molar-refractivity contribution >= 4 is 16.7 Å². The van der Waals surface area contributed by atoms with Crippen LogP contribution in [-0.2, 0) is 6.54 Å². The van der Waals surface area contributed by atoms with Gasteiger partial charge in [0.05, 0.1) is 12.2 Å². The third-order valence-corrected chi connectivity index (χ3v) is 4.49. The Balaban J connectivity index is 1.91. The minimum absolute atomic E-state index is 0.213. The number of nitrogens with zero attached hydrogens (tertiary/aromatic N) is 3. The molecule has 0 spiro atoms. The number of aromatic nitrogens is 3. The summed E-state index contributed by atoms with van der Waals surface area (Å²) in [6, 6.07) is 17.9. The third-order valence-electron chi connectivity index (χ3n) is 4.49. The minimum atomic E-state index is -0.976. The van der Waals surface area contributed by atoms with E-state index in [0.717, 1.165) is 21.9 Å². The SMILES string of the molecule is Cc1nc(-c2ccncc2)n(Cc2cccc3ccccc23)c1C(=O)O. The van der Waals surface area contributed by atoms with Gasteiger partial charge >= 0.3 is 5.97 Å². The van der Waals surface area contributed by atoms with E-state index in [0.29, 0.717) is 18.1 Å². The molecule has 0 aliphatic heterocycles. The van der Waals surface area contributed by atoms with E-state index in [1.54, 1.807) is 23.9 Å². The predicted octanol–water partition coefficient (Wildman–Crippen LogP) is 4.15. The molecule has 2 aromatic carbocycles. The molecule has 4 rings (SSSR count). The van der Waals surface area contributed by atoms with E-state index in [9.17, 15) is 9.90 Å². The lowest BCUT2D eigenvalue weighted by atomic mass is 10.0. The molecule has 0 unspecified atom stereocenters. The van der Waals surface area contributed by atoms with Crippen molar-refractivity contribution in [1.82, 2.24) is 14.5 Å². The Kier molecular flexibility index (Phi) is 3.97. The Morgan fingerprint density at radius 1 is 1.04 bits per heavy atom. The Morgan fingerprint density at radius 2 is 1.77 bits per heavy atom. The number of imidazole rings is 1. The van der Waals surface area contributed by atoms with E-state index in [-0.39, 0.29) is 5.69 Å². The topological polar surface area (TPSA) is 68.0 Å². The maximum atomic E-state index is 11.9. The van der Waals surface area contributed by atoms with Crippen molar-refractivity contribution in [2.45, 2.75) is 13.5 Å². The maximum absolute atomic E-state index is 11.9. The summed E-state index contributed by atoms with van der Waals surface area (Å²) in [6.45, 7) is 2.16. The van der Waals surface area contributed by atoms with Crippen molar-refractivity contribution in [2.24, 2.45) is 0 Å². The van der Waals surface area contributed by atoms with Crippen LogP contribution in [0.25, 0.3) is 22.2 Å². The molecule has 0 atom stereocenters. The summed E-state index contributed by atoms with van der Waals surface area (Å²) in [6.07, 6.45) is 3.37. The number of hydrogen-bond donors (Lipinski definition) is 1. The molecule has 0 saturated heterocycles. The summed E-state index contributed by atoms with van der Waals surface area (Å²) >= 11 is 0. The molecular weight excluding hydrogens is 326 g/mol. The van der Waals surface area contributed by atoms with Crippen LogP contribution >= 0.6 is 0 Å². The summed E-state index contributed by atoms with van der Waals surface area (Å²) in [4.78, 5) is 20.4. The molecule has 2 heterocycles. The highest BCUT2D eigenvalue weighted by molar-refractivity contribution is 5.89. The van der Waals surface area contributed by atoms with Gasteiger partial charge in [-0.25, -0.2) is 9.78 Å². The lowest BCUT2D eigenvalue weighted by molar-refractivity contribution is 0.0685. The zero-order valence-electron chi connectivity index (χ0n) is 14.3. The molecule has 2 aromatic heterocycles. The average molecular weight is 343 g/mol. The second-order valence-electron chi connectivity index (χ2n) is 6.13. The molecule has 0 radical (unpaired) electrons. The van der Waals surface area contributed by atoms with Crippen LogP contribution in [0.2, 0.25) is 0 Å². The van der Waals surface area contributed by atoms with Crippen LogP contribution in [-0.4, -0.2) is 25.6 Å². The Hall–Kier alpha value is -3.47. The number of pyridine rings is 1. The fraction of sp³-hybridized carbons (Fsp3) is 0.0952. The molecule has 0 aliphatic carbocycles. The molecule has 1 N–H and O–H groups in total. The van der Waals surface area contributed by atoms with Crippen molar-refractivity contribution in [3.8, 4) is 11.4 Å². The number of hydrogen-bond acceptors (Lipinski definition) is 3. The number of benzene rings is 2. The average Bonchev–Trinajstić information content (AvgIpc) is 2.99. The van der Waals surface area contributed by atoms with Gasteiger partial charge in [-0.2, -0.15) is 0 Å². The van der Waals surface area contributed by atoms with Gasteiger partial charge in [-0.1, -0.05) is 42.5 Å². The van der Waals surface area contributed by atoms with E-state index in [1.165, 1.54) is 0 Å². The lowest BCUT2D eigenvalue weighted by Gasteiger charge is -2.12. The number of aromatic carboxylic acids is 1. The highest BCUT2D eigenvalue weighted by atomic mass is 16.4. The number of carboxylic acids is 1. The molecule has 0 saturated carbocycles. The first-order valence-electron chi connectivity index (χ1n) is 8.32.